The molecule has 0 saturated carbocycles. The molecule has 0 bridgehead atoms. The molecule has 0 spiro atoms. The Bertz CT molecular complexity index is 494. The third-order valence-electron chi connectivity index (χ3n) is 4.17. The van der Waals surface area contributed by atoms with E-state index in [1.165, 1.54) is 5.56 Å². The number of ether oxygens (including phenoxy) is 1. The highest BCUT2D eigenvalue weighted by Gasteiger charge is 2.30. The molecule has 1 rings (SSSR count). The Morgan fingerprint density at radius 1 is 1.22 bits per heavy atom. The van der Waals surface area contributed by atoms with Crippen LogP contribution in [0.15, 0.2) is 0 Å². The molecule has 1 aromatic heterocycles. The Morgan fingerprint density at radius 3 is 2.26 bits per heavy atom. The summed E-state index contributed by atoms with van der Waals surface area (Å²) in [5, 5.41) is 13.7. The van der Waals surface area contributed by atoms with Crippen LogP contribution in [0.3, 0.4) is 0 Å². The minimum Gasteiger partial charge on any atom is -0.444 e. The van der Waals surface area contributed by atoms with Gasteiger partial charge >= 0.3 is 6.09 Å². The molecule has 0 atom stereocenters. The molecule has 132 valence electrons. The Hall–Kier alpha value is -1.56. The molecule has 1 aromatic rings. The van der Waals surface area contributed by atoms with Crippen molar-refractivity contribution in [2.24, 2.45) is 0 Å². The zero-order valence-electron chi connectivity index (χ0n) is 15.6. The molecular weight excluding hydrogens is 292 g/mol. The van der Waals surface area contributed by atoms with E-state index in [0.717, 1.165) is 30.8 Å². The second-order valence-electron chi connectivity index (χ2n) is 7.13. The summed E-state index contributed by atoms with van der Waals surface area (Å²) in [6.45, 7) is 15.2. The molecule has 0 fully saturated rings. The number of aromatic nitrogens is 2. The number of carbonyl (C=O) groups excluding carboxylic acids is 1. The molecule has 0 aliphatic heterocycles. The first-order chi connectivity index (χ1) is 10.6. The Labute approximate surface area is 139 Å². The minimum absolute atomic E-state index is 0.312. The average molecular weight is 324 g/mol. The van der Waals surface area contributed by atoms with E-state index in [9.17, 15) is 4.79 Å². The highest BCUT2D eigenvalue weighted by molar-refractivity contribution is 5.68. The number of nitrogens with zero attached hydrogens (tertiary/aromatic N) is 1. The predicted molar refractivity (Wildman–Crippen MR) is 92.5 cm³/mol. The lowest BCUT2D eigenvalue weighted by atomic mass is 9.92. The molecular formula is C17H32N4O2. The van der Waals surface area contributed by atoms with Crippen molar-refractivity contribution in [2.75, 3.05) is 6.54 Å². The van der Waals surface area contributed by atoms with Crippen LogP contribution >= 0.6 is 0 Å². The van der Waals surface area contributed by atoms with Gasteiger partial charge in [0.15, 0.2) is 0 Å². The number of hydrogen-bond donors (Lipinski definition) is 3. The fourth-order valence-electron chi connectivity index (χ4n) is 2.50. The summed E-state index contributed by atoms with van der Waals surface area (Å²) in [4.78, 5) is 12.1. The fraction of sp³-hybridized carbons (Fsp3) is 0.765. The lowest BCUT2D eigenvalue weighted by molar-refractivity contribution is 0.0446. The SMILES string of the molecule is CCC(CC)(CNCc1c(C)n[nH]c1C)NC(=O)OC(C)(C)C. The number of carbonyl (C=O) groups is 1. The third kappa shape index (κ3) is 5.86. The van der Waals surface area contributed by atoms with Crippen LogP contribution in [0.25, 0.3) is 0 Å². The average Bonchev–Trinajstić information content (AvgIpc) is 2.75. The number of alkyl carbamates (subject to hydrolysis) is 1. The van der Waals surface area contributed by atoms with Crippen molar-refractivity contribution in [2.45, 2.75) is 79.0 Å². The summed E-state index contributed by atoms with van der Waals surface area (Å²) >= 11 is 0. The smallest absolute Gasteiger partial charge is 0.408 e. The van der Waals surface area contributed by atoms with Crippen LogP contribution < -0.4 is 10.6 Å². The summed E-state index contributed by atoms with van der Waals surface area (Å²) in [5.41, 5.74) is 2.47. The quantitative estimate of drug-likeness (QED) is 0.719. The number of nitrogens with one attached hydrogen (secondary N) is 3. The first-order valence-corrected chi connectivity index (χ1v) is 8.35. The number of rotatable bonds is 7. The van der Waals surface area contributed by atoms with E-state index in [0.29, 0.717) is 6.54 Å². The number of H-pyrrole nitrogens is 1. The van der Waals surface area contributed by atoms with Crippen molar-refractivity contribution in [3.8, 4) is 0 Å². The van der Waals surface area contributed by atoms with Crippen molar-refractivity contribution >= 4 is 6.09 Å². The van der Waals surface area contributed by atoms with Gasteiger partial charge in [0, 0.05) is 24.3 Å². The summed E-state index contributed by atoms with van der Waals surface area (Å²) in [6.07, 6.45) is 1.30. The van der Waals surface area contributed by atoms with Crippen molar-refractivity contribution in [3.05, 3.63) is 17.0 Å². The molecule has 0 aliphatic carbocycles. The Kier molecular flexibility index (Phi) is 6.62. The van der Waals surface area contributed by atoms with Gasteiger partial charge in [0.1, 0.15) is 5.60 Å². The Balaban J connectivity index is 2.64. The summed E-state index contributed by atoms with van der Waals surface area (Å²) in [6, 6.07) is 0. The van der Waals surface area contributed by atoms with Gasteiger partial charge in [-0.3, -0.25) is 5.10 Å². The van der Waals surface area contributed by atoms with Gasteiger partial charge in [0.2, 0.25) is 0 Å². The van der Waals surface area contributed by atoms with Crippen LogP contribution in [0.2, 0.25) is 0 Å². The largest absolute Gasteiger partial charge is 0.444 e. The molecule has 1 heterocycles. The summed E-state index contributed by atoms with van der Waals surface area (Å²) in [5.74, 6) is 0. The lowest BCUT2D eigenvalue weighted by Gasteiger charge is -2.34. The molecule has 23 heavy (non-hydrogen) atoms. The molecule has 6 heteroatoms. The summed E-state index contributed by atoms with van der Waals surface area (Å²) in [7, 11) is 0. The van der Waals surface area contributed by atoms with Gasteiger partial charge in [0.05, 0.1) is 11.2 Å². The number of aromatic amines is 1. The van der Waals surface area contributed by atoms with Crippen molar-refractivity contribution in [1.82, 2.24) is 20.8 Å². The second-order valence-corrected chi connectivity index (χ2v) is 7.13. The highest BCUT2D eigenvalue weighted by Crippen LogP contribution is 2.17. The van der Waals surface area contributed by atoms with Crippen LogP contribution in [0.5, 0.6) is 0 Å². The Morgan fingerprint density at radius 2 is 1.83 bits per heavy atom. The van der Waals surface area contributed by atoms with Gasteiger partial charge in [-0.15, -0.1) is 0 Å². The zero-order valence-corrected chi connectivity index (χ0v) is 15.6. The van der Waals surface area contributed by atoms with Gasteiger partial charge in [-0.25, -0.2) is 4.79 Å². The molecule has 1 amide bonds. The number of amides is 1. The first-order valence-electron chi connectivity index (χ1n) is 8.35. The maximum absolute atomic E-state index is 12.1. The second kappa shape index (κ2) is 7.81. The van der Waals surface area contributed by atoms with Gasteiger partial charge < -0.3 is 15.4 Å². The summed E-state index contributed by atoms with van der Waals surface area (Å²) < 4.78 is 5.39. The molecule has 6 nitrogen and oxygen atoms in total. The van der Waals surface area contributed by atoms with Gasteiger partial charge in [-0.2, -0.15) is 5.10 Å². The van der Waals surface area contributed by atoms with E-state index in [1.807, 2.05) is 34.6 Å². The maximum Gasteiger partial charge on any atom is 0.408 e. The number of hydrogen-bond acceptors (Lipinski definition) is 4. The zero-order chi connectivity index (χ0) is 17.7. The van der Waals surface area contributed by atoms with E-state index >= 15 is 0 Å². The monoisotopic (exact) mass is 324 g/mol. The van der Waals surface area contributed by atoms with E-state index in [2.05, 4.69) is 34.7 Å². The normalized spacial score (nSPS) is 12.3. The van der Waals surface area contributed by atoms with E-state index in [1.54, 1.807) is 0 Å². The van der Waals surface area contributed by atoms with Gasteiger partial charge in [0.25, 0.3) is 0 Å². The lowest BCUT2D eigenvalue weighted by Crippen LogP contribution is -2.55. The molecule has 0 unspecified atom stereocenters. The number of aryl methyl sites for hydroxylation is 2. The maximum atomic E-state index is 12.1. The molecule has 0 aromatic carbocycles. The molecule has 3 N–H and O–H groups in total. The van der Waals surface area contributed by atoms with Crippen LogP contribution in [-0.4, -0.2) is 34.0 Å². The van der Waals surface area contributed by atoms with Gasteiger partial charge in [-0.05, 0) is 47.5 Å². The first kappa shape index (κ1) is 19.5. The predicted octanol–water partition coefficient (Wildman–Crippen LogP) is 3.20. The molecule has 0 aliphatic rings. The van der Waals surface area contributed by atoms with E-state index < -0.39 is 5.60 Å². The van der Waals surface area contributed by atoms with E-state index in [-0.39, 0.29) is 11.6 Å². The van der Waals surface area contributed by atoms with Crippen molar-refractivity contribution < 1.29 is 9.53 Å². The van der Waals surface area contributed by atoms with Crippen LogP contribution in [0, 0.1) is 13.8 Å². The van der Waals surface area contributed by atoms with Gasteiger partial charge in [-0.1, -0.05) is 13.8 Å². The third-order valence-corrected chi connectivity index (χ3v) is 4.17. The minimum atomic E-state index is -0.490. The topological polar surface area (TPSA) is 79.0 Å². The fourth-order valence-corrected chi connectivity index (χ4v) is 2.50. The van der Waals surface area contributed by atoms with E-state index in [4.69, 9.17) is 4.74 Å². The van der Waals surface area contributed by atoms with Crippen LogP contribution in [0.1, 0.15) is 64.4 Å². The standard InChI is InChI=1S/C17H32N4O2/c1-8-17(9-2,19-15(22)23-16(5,6)7)11-18-10-14-12(3)20-21-13(14)4/h18H,8-11H2,1-7H3,(H,19,22)(H,20,21). The highest BCUT2D eigenvalue weighted by atomic mass is 16.6. The van der Waals surface area contributed by atoms with Crippen molar-refractivity contribution in [1.29, 1.82) is 0 Å². The van der Waals surface area contributed by atoms with Crippen molar-refractivity contribution in [3.63, 3.8) is 0 Å². The van der Waals surface area contributed by atoms with Crippen LogP contribution in [0.4, 0.5) is 4.79 Å². The van der Waals surface area contributed by atoms with Crippen LogP contribution in [-0.2, 0) is 11.3 Å². The molecule has 0 saturated heterocycles. The molecule has 0 radical (unpaired) electrons.